The van der Waals surface area contributed by atoms with Gasteiger partial charge in [-0.2, -0.15) is 0 Å². The Hall–Kier alpha value is -2.30. The van der Waals surface area contributed by atoms with Gasteiger partial charge in [0.15, 0.2) is 5.78 Å². The van der Waals surface area contributed by atoms with Crippen molar-refractivity contribution in [2.45, 2.75) is 53.0 Å². The van der Waals surface area contributed by atoms with E-state index in [1.165, 1.54) is 0 Å². The van der Waals surface area contributed by atoms with Gasteiger partial charge in [-0.05, 0) is 43.4 Å². The van der Waals surface area contributed by atoms with Crippen LogP contribution in [0.5, 0.6) is 0 Å². The second-order valence-electron chi connectivity index (χ2n) is 7.58. The van der Waals surface area contributed by atoms with E-state index in [1.54, 1.807) is 6.26 Å². The summed E-state index contributed by atoms with van der Waals surface area (Å²) in [5, 5.41) is 2.98. The molecule has 0 spiro atoms. The molecule has 0 saturated heterocycles. The molecule has 2 aromatic heterocycles. The second kappa shape index (κ2) is 5.96. The van der Waals surface area contributed by atoms with Gasteiger partial charge in [-0.1, -0.05) is 13.8 Å². The number of rotatable bonds is 4. The van der Waals surface area contributed by atoms with Gasteiger partial charge in [0.2, 0.25) is 0 Å². The lowest BCUT2D eigenvalue weighted by molar-refractivity contribution is 0.0908. The van der Waals surface area contributed by atoms with E-state index in [1.807, 2.05) is 26.0 Å². The maximum atomic E-state index is 12.6. The van der Waals surface area contributed by atoms with Crippen LogP contribution in [0.1, 0.15) is 65.1 Å². The summed E-state index contributed by atoms with van der Waals surface area (Å²) >= 11 is 0. The van der Waals surface area contributed by atoms with Crippen molar-refractivity contribution in [1.82, 2.24) is 10.3 Å². The monoisotopic (exact) mass is 328 g/mol. The quantitative estimate of drug-likeness (QED) is 0.903. The van der Waals surface area contributed by atoms with E-state index in [0.29, 0.717) is 24.1 Å². The average Bonchev–Trinajstić information content (AvgIpc) is 3.05. The van der Waals surface area contributed by atoms with Crippen molar-refractivity contribution >= 4 is 11.7 Å². The van der Waals surface area contributed by atoms with Crippen LogP contribution in [0, 0.1) is 12.3 Å². The number of carbonyl (C=O) groups is 2. The minimum Gasteiger partial charge on any atom is -0.469 e. The Balaban J connectivity index is 1.78. The van der Waals surface area contributed by atoms with E-state index in [0.717, 1.165) is 23.4 Å². The van der Waals surface area contributed by atoms with Crippen molar-refractivity contribution in [2.24, 2.45) is 5.41 Å². The number of Topliss-reactive ketones (excluding diaryl/α,β-unsaturated/α-hetero) is 1. The molecular formula is C19H24N2O3. The highest BCUT2D eigenvalue weighted by atomic mass is 16.3. The van der Waals surface area contributed by atoms with Gasteiger partial charge in [0.05, 0.1) is 6.26 Å². The molecule has 128 valence electrons. The van der Waals surface area contributed by atoms with Crippen LogP contribution in [-0.2, 0) is 12.8 Å². The first-order valence-corrected chi connectivity index (χ1v) is 8.35. The van der Waals surface area contributed by atoms with Crippen molar-refractivity contribution in [2.75, 3.05) is 0 Å². The average molecular weight is 328 g/mol. The zero-order valence-electron chi connectivity index (χ0n) is 14.7. The summed E-state index contributed by atoms with van der Waals surface area (Å²) in [6.07, 6.45) is 3.56. The fraction of sp³-hybridized carbons (Fsp3) is 0.474. The normalized spacial score (nSPS) is 17.4. The van der Waals surface area contributed by atoms with Crippen molar-refractivity contribution in [3.63, 3.8) is 0 Å². The van der Waals surface area contributed by atoms with E-state index in [2.05, 4.69) is 24.1 Å². The molecule has 2 aromatic rings. The van der Waals surface area contributed by atoms with Gasteiger partial charge in [0.25, 0.3) is 5.91 Å². The molecule has 2 N–H and O–H groups in total. The Kier molecular flexibility index (Phi) is 4.11. The topological polar surface area (TPSA) is 75.1 Å². The molecule has 0 bridgehead atoms. The summed E-state index contributed by atoms with van der Waals surface area (Å²) in [5.41, 5.74) is 2.78. The molecule has 1 aliphatic rings. The number of aromatic amines is 1. The number of aromatic nitrogens is 1. The third-order valence-electron chi connectivity index (χ3n) is 4.59. The van der Waals surface area contributed by atoms with E-state index in [-0.39, 0.29) is 23.1 Å². The Morgan fingerprint density at radius 3 is 2.83 bits per heavy atom. The Labute approximate surface area is 141 Å². The van der Waals surface area contributed by atoms with E-state index < -0.39 is 0 Å². The second-order valence-corrected chi connectivity index (χ2v) is 7.58. The first-order chi connectivity index (χ1) is 11.3. The third-order valence-corrected chi connectivity index (χ3v) is 4.59. The molecule has 5 nitrogen and oxygen atoms in total. The highest BCUT2D eigenvalue weighted by molar-refractivity contribution is 6.04. The summed E-state index contributed by atoms with van der Waals surface area (Å²) in [6.45, 7) is 7.94. The van der Waals surface area contributed by atoms with Gasteiger partial charge in [-0.15, -0.1) is 0 Å². The number of fused-ring (bicyclic) bond motifs is 1. The summed E-state index contributed by atoms with van der Waals surface area (Å²) in [6, 6.07) is 3.66. The molecule has 24 heavy (non-hydrogen) atoms. The van der Waals surface area contributed by atoms with E-state index in [9.17, 15) is 9.59 Å². The summed E-state index contributed by atoms with van der Waals surface area (Å²) in [4.78, 5) is 28.2. The zero-order valence-corrected chi connectivity index (χ0v) is 14.7. The van der Waals surface area contributed by atoms with Gasteiger partial charge in [0, 0.05) is 30.1 Å². The van der Waals surface area contributed by atoms with E-state index in [4.69, 9.17) is 4.42 Å². The maximum Gasteiger partial charge on any atom is 0.268 e. The number of hydrogen-bond donors (Lipinski definition) is 2. The lowest BCUT2D eigenvalue weighted by Gasteiger charge is -2.28. The number of carbonyl (C=O) groups excluding carboxylic acids is 2. The fourth-order valence-electron chi connectivity index (χ4n) is 3.54. The van der Waals surface area contributed by atoms with Crippen molar-refractivity contribution in [3.05, 3.63) is 46.7 Å². The van der Waals surface area contributed by atoms with Gasteiger partial charge in [0.1, 0.15) is 11.5 Å². The van der Waals surface area contributed by atoms with Crippen LogP contribution in [-0.4, -0.2) is 22.7 Å². The molecular weight excluding hydrogens is 304 g/mol. The molecule has 1 amide bonds. The SMILES string of the molecule is Cc1c(C(=O)NC(C)Cc2ccco2)[nH]c2c1C(=O)CC(C)(C)C2. The molecule has 0 fully saturated rings. The van der Waals surface area contributed by atoms with Crippen molar-refractivity contribution < 1.29 is 14.0 Å². The van der Waals surface area contributed by atoms with Crippen LogP contribution in [0.25, 0.3) is 0 Å². The molecule has 0 radical (unpaired) electrons. The molecule has 1 aliphatic carbocycles. The van der Waals surface area contributed by atoms with Crippen LogP contribution >= 0.6 is 0 Å². The minimum atomic E-state index is -0.174. The Morgan fingerprint density at radius 2 is 2.17 bits per heavy atom. The summed E-state index contributed by atoms with van der Waals surface area (Å²) in [7, 11) is 0. The number of amides is 1. The van der Waals surface area contributed by atoms with Crippen molar-refractivity contribution in [3.8, 4) is 0 Å². The van der Waals surface area contributed by atoms with Crippen LogP contribution in [0.15, 0.2) is 22.8 Å². The zero-order chi connectivity index (χ0) is 17.5. The largest absolute Gasteiger partial charge is 0.469 e. The Bertz CT molecular complexity index is 769. The Morgan fingerprint density at radius 1 is 1.42 bits per heavy atom. The molecule has 3 rings (SSSR count). The van der Waals surface area contributed by atoms with Gasteiger partial charge < -0.3 is 14.7 Å². The maximum absolute atomic E-state index is 12.6. The van der Waals surface area contributed by atoms with Crippen molar-refractivity contribution in [1.29, 1.82) is 0 Å². The van der Waals surface area contributed by atoms with Gasteiger partial charge >= 0.3 is 0 Å². The smallest absolute Gasteiger partial charge is 0.268 e. The fourth-order valence-corrected chi connectivity index (χ4v) is 3.54. The first-order valence-electron chi connectivity index (χ1n) is 8.35. The third kappa shape index (κ3) is 3.16. The van der Waals surface area contributed by atoms with Gasteiger partial charge in [-0.25, -0.2) is 0 Å². The standard InChI is InChI=1S/C19H24N2O3/c1-11(8-13-6-5-7-24-13)20-18(23)17-12(2)16-14(21-17)9-19(3,4)10-15(16)22/h5-7,11,21H,8-10H2,1-4H3,(H,20,23). The number of ketones is 1. The summed E-state index contributed by atoms with van der Waals surface area (Å²) in [5.74, 6) is 0.784. The lowest BCUT2D eigenvalue weighted by atomic mass is 9.75. The summed E-state index contributed by atoms with van der Waals surface area (Å²) < 4.78 is 5.31. The molecule has 0 aromatic carbocycles. The molecule has 1 unspecified atom stereocenters. The highest BCUT2D eigenvalue weighted by Crippen LogP contribution is 2.36. The molecule has 1 atom stereocenters. The molecule has 5 heteroatoms. The van der Waals surface area contributed by atoms with Crippen LogP contribution in [0.3, 0.4) is 0 Å². The molecule has 0 saturated carbocycles. The lowest BCUT2D eigenvalue weighted by Crippen LogP contribution is -2.34. The predicted octanol–water partition coefficient (Wildman–Crippen LogP) is 3.43. The number of furan rings is 1. The number of nitrogens with one attached hydrogen (secondary N) is 2. The van der Waals surface area contributed by atoms with Crippen LogP contribution < -0.4 is 5.32 Å². The van der Waals surface area contributed by atoms with Crippen LogP contribution in [0.4, 0.5) is 0 Å². The van der Waals surface area contributed by atoms with Gasteiger partial charge in [-0.3, -0.25) is 9.59 Å². The first kappa shape index (κ1) is 16.6. The minimum absolute atomic E-state index is 0.0597. The van der Waals surface area contributed by atoms with Crippen LogP contribution in [0.2, 0.25) is 0 Å². The number of H-pyrrole nitrogens is 1. The molecule has 2 heterocycles. The van der Waals surface area contributed by atoms with E-state index >= 15 is 0 Å². The molecule has 0 aliphatic heterocycles. The highest BCUT2D eigenvalue weighted by Gasteiger charge is 2.35. The number of hydrogen-bond acceptors (Lipinski definition) is 3. The predicted molar refractivity (Wildman–Crippen MR) is 91.3 cm³/mol.